The largest absolute Gasteiger partial charge is 0.366 e. The third-order valence-electron chi connectivity index (χ3n) is 1.79. The molecule has 74 valence electrons. The Bertz CT molecular complexity index is 138. The smallest absolute Gasteiger partial charge is 0.173 e. The Morgan fingerprint density at radius 1 is 1.33 bits per heavy atom. The van der Waals surface area contributed by atoms with E-state index in [9.17, 15) is 5.11 Å². The highest BCUT2D eigenvalue weighted by molar-refractivity contribution is 4.81. The molecule has 0 amide bonds. The summed E-state index contributed by atoms with van der Waals surface area (Å²) in [5.41, 5.74) is 4.78. The number of aliphatic hydroxyl groups excluding tert-OH is 1. The summed E-state index contributed by atoms with van der Waals surface area (Å²) >= 11 is 0. The lowest BCUT2D eigenvalue weighted by Gasteiger charge is -2.34. The van der Waals surface area contributed by atoms with Crippen molar-refractivity contribution in [3.8, 4) is 0 Å². The molecule has 0 aliphatic heterocycles. The summed E-state index contributed by atoms with van der Waals surface area (Å²) in [7, 11) is 0. The van der Waals surface area contributed by atoms with Crippen molar-refractivity contribution in [1.82, 2.24) is 0 Å². The Labute approximate surface area is 74.9 Å². The minimum atomic E-state index is -0.900. The van der Waals surface area contributed by atoms with Crippen LogP contribution in [0.15, 0.2) is 0 Å². The molecule has 0 saturated heterocycles. The van der Waals surface area contributed by atoms with E-state index in [4.69, 9.17) is 10.5 Å². The minimum absolute atomic E-state index is 0.352. The average molecular weight is 175 g/mol. The molecule has 0 aliphatic rings. The van der Waals surface area contributed by atoms with Gasteiger partial charge in [-0.25, -0.2) is 0 Å². The van der Waals surface area contributed by atoms with Crippen LogP contribution in [0.3, 0.4) is 0 Å². The molecule has 0 bridgehead atoms. The van der Waals surface area contributed by atoms with Gasteiger partial charge in [0.15, 0.2) is 6.29 Å². The number of rotatable bonds is 3. The van der Waals surface area contributed by atoms with E-state index in [1.165, 1.54) is 0 Å². The molecule has 3 N–H and O–H groups in total. The highest BCUT2D eigenvalue weighted by Crippen LogP contribution is 2.18. The Hall–Kier alpha value is -0.120. The van der Waals surface area contributed by atoms with Crippen LogP contribution in [0.2, 0.25) is 0 Å². The molecule has 3 nitrogen and oxygen atoms in total. The van der Waals surface area contributed by atoms with Crippen molar-refractivity contribution in [3.63, 3.8) is 0 Å². The Morgan fingerprint density at radius 2 is 1.75 bits per heavy atom. The lowest BCUT2D eigenvalue weighted by Crippen LogP contribution is -2.51. The molecule has 0 fully saturated rings. The van der Waals surface area contributed by atoms with Gasteiger partial charge in [0.1, 0.15) is 0 Å². The van der Waals surface area contributed by atoms with Crippen LogP contribution in [-0.4, -0.2) is 22.5 Å². The van der Waals surface area contributed by atoms with Crippen LogP contribution in [-0.2, 0) is 4.74 Å². The third kappa shape index (κ3) is 4.04. The highest BCUT2D eigenvalue weighted by Gasteiger charge is 2.30. The van der Waals surface area contributed by atoms with Gasteiger partial charge in [-0.15, -0.1) is 0 Å². The van der Waals surface area contributed by atoms with Gasteiger partial charge in [0.05, 0.1) is 11.1 Å². The first-order valence-electron chi connectivity index (χ1n) is 4.34. The van der Waals surface area contributed by atoms with Crippen LogP contribution in [0.5, 0.6) is 0 Å². The Balaban J connectivity index is 4.13. The summed E-state index contributed by atoms with van der Waals surface area (Å²) in [5.74, 6) is 0. The van der Waals surface area contributed by atoms with Crippen molar-refractivity contribution in [2.75, 3.05) is 0 Å². The summed E-state index contributed by atoms with van der Waals surface area (Å²) in [6.07, 6.45) is -0.216. The van der Waals surface area contributed by atoms with Gasteiger partial charge in [-0.05, 0) is 34.1 Å². The van der Waals surface area contributed by atoms with Crippen molar-refractivity contribution >= 4 is 0 Å². The molecule has 12 heavy (non-hydrogen) atoms. The van der Waals surface area contributed by atoms with Crippen LogP contribution < -0.4 is 5.73 Å². The van der Waals surface area contributed by atoms with Gasteiger partial charge in [0.25, 0.3) is 0 Å². The molecule has 0 aromatic heterocycles. The predicted molar refractivity (Wildman–Crippen MR) is 49.7 cm³/mol. The monoisotopic (exact) mass is 175 g/mol. The van der Waals surface area contributed by atoms with Crippen LogP contribution >= 0.6 is 0 Å². The molecule has 0 aliphatic carbocycles. The maximum atomic E-state index is 9.57. The molecule has 0 aromatic carbocycles. The topological polar surface area (TPSA) is 55.5 Å². The van der Waals surface area contributed by atoms with Gasteiger partial charge < -0.3 is 15.6 Å². The maximum Gasteiger partial charge on any atom is 0.173 e. The number of aliphatic hydroxyl groups is 1. The molecule has 0 aromatic rings. The molecule has 0 spiro atoms. The Kier molecular flexibility index (Phi) is 3.69. The molecule has 2 atom stereocenters. The first-order valence-corrected chi connectivity index (χ1v) is 4.34. The number of nitrogens with two attached hydrogens (primary N) is 1. The third-order valence-corrected chi connectivity index (χ3v) is 1.79. The minimum Gasteiger partial charge on any atom is -0.366 e. The average Bonchev–Trinajstić information content (AvgIpc) is 1.84. The van der Waals surface area contributed by atoms with Crippen molar-refractivity contribution in [3.05, 3.63) is 0 Å². The predicted octanol–water partition coefficient (Wildman–Crippen LogP) is 1.25. The van der Waals surface area contributed by atoms with Crippen molar-refractivity contribution in [2.24, 2.45) is 5.73 Å². The fraction of sp³-hybridized carbons (Fsp3) is 1.00. The van der Waals surface area contributed by atoms with Crippen LogP contribution in [0, 0.1) is 0 Å². The molecule has 0 saturated carbocycles. The van der Waals surface area contributed by atoms with E-state index in [2.05, 4.69) is 0 Å². The van der Waals surface area contributed by atoms with E-state index in [1.807, 2.05) is 27.7 Å². The van der Waals surface area contributed by atoms with Gasteiger partial charge in [0.2, 0.25) is 0 Å². The second kappa shape index (κ2) is 3.73. The fourth-order valence-corrected chi connectivity index (χ4v) is 0.644. The van der Waals surface area contributed by atoms with Gasteiger partial charge >= 0.3 is 0 Å². The normalized spacial score (nSPS) is 20.2. The van der Waals surface area contributed by atoms with Gasteiger partial charge in [0, 0.05) is 0 Å². The lowest BCUT2D eigenvalue weighted by molar-refractivity contribution is -0.196. The quantitative estimate of drug-likeness (QED) is 0.635. The molecular formula is C9H21NO2. The Morgan fingerprint density at radius 3 is 2.00 bits per heavy atom. The van der Waals surface area contributed by atoms with Crippen LogP contribution in [0.25, 0.3) is 0 Å². The van der Waals surface area contributed by atoms with E-state index in [0.717, 1.165) is 0 Å². The zero-order valence-corrected chi connectivity index (χ0v) is 8.72. The zero-order chi connectivity index (χ0) is 9.99. The summed E-state index contributed by atoms with van der Waals surface area (Å²) in [4.78, 5) is 0. The van der Waals surface area contributed by atoms with Crippen molar-refractivity contribution in [2.45, 2.75) is 58.5 Å². The summed E-state index contributed by atoms with van der Waals surface area (Å²) in [6, 6.07) is 0. The number of hydrogen-bond acceptors (Lipinski definition) is 3. The second-order valence-corrected chi connectivity index (χ2v) is 4.44. The summed E-state index contributed by atoms with van der Waals surface area (Å²) < 4.78 is 5.32. The molecule has 2 unspecified atom stereocenters. The molecular weight excluding hydrogens is 154 g/mol. The van der Waals surface area contributed by atoms with E-state index >= 15 is 0 Å². The summed E-state index contributed by atoms with van der Waals surface area (Å²) in [5, 5.41) is 9.57. The lowest BCUT2D eigenvalue weighted by atomic mass is 9.99. The van der Waals surface area contributed by atoms with E-state index in [1.54, 1.807) is 6.92 Å². The van der Waals surface area contributed by atoms with Crippen molar-refractivity contribution < 1.29 is 9.84 Å². The number of hydrogen-bond donors (Lipinski definition) is 2. The van der Waals surface area contributed by atoms with Crippen LogP contribution in [0.1, 0.15) is 41.0 Å². The molecule has 3 heteroatoms. The fourth-order valence-electron chi connectivity index (χ4n) is 0.644. The SMILES string of the molecule is CCC(C)(N)C(O)OC(C)(C)C. The molecule has 0 rings (SSSR count). The van der Waals surface area contributed by atoms with Crippen LogP contribution in [0.4, 0.5) is 0 Å². The first kappa shape index (κ1) is 11.9. The van der Waals surface area contributed by atoms with Gasteiger partial charge in [-0.1, -0.05) is 6.92 Å². The zero-order valence-electron chi connectivity index (χ0n) is 8.72. The van der Waals surface area contributed by atoms with Gasteiger partial charge in [-0.3, -0.25) is 0 Å². The van der Waals surface area contributed by atoms with E-state index in [0.29, 0.717) is 6.42 Å². The maximum absolute atomic E-state index is 9.57. The van der Waals surface area contributed by atoms with E-state index in [-0.39, 0.29) is 5.60 Å². The first-order chi connectivity index (χ1) is 5.19. The standard InChI is InChI=1S/C9H21NO2/c1-6-9(5,10)7(11)12-8(2,3)4/h7,11H,6,10H2,1-5H3. The highest BCUT2D eigenvalue weighted by atomic mass is 16.6. The summed E-state index contributed by atoms with van der Waals surface area (Å²) in [6.45, 7) is 9.38. The number of ether oxygens (including phenoxy) is 1. The molecule has 0 radical (unpaired) electrons. The second-order valence-electron chi connectivity index (χ2n) is 4.44. The van der Waals surface area contributed by atoms with E-state index < -0.39 is 11.8 Å². The van der Waals surface area contributed by atoms with Gasteiger partial charge in [-0.2, -0.15) is 0 Å². The van der Waals surface area contributed by atoms with Crippen molar-refractivity contribution in [1.29, 1.82) is 0 Å². The molecule has 0 heterocycles.